The van der Waals surface area contributed by atoms with Gasteiger partial charge in [0.15, 0.2) is 5.78 Å². The van der Waals surface area contributed by atoms with Crippen molar-refractivity contribution in [2.75, 3.05) is 0 Å². The number of carbonyl (C=O) groups is 1. The van der Waals surface area contributed by atoms with Crippen molar-refractivity contribution in [1.29, 1.82) is 0 Å². The largest absolute Gasteiger partial charge is 0.460 e. The molecule has 0 N–H and O–H groups in total. The molecule has 2 aromatic heterocycles. The number of ketones is 1. The molecule has 2 aliphatic rings. The van der Waals surface area contributed by atoms with Crippen LogP contribution in [0.5, 0.6) is 0 Å². The second kappa shape index (κ2) is 7.57. The smallest absolute Gasteiger partial charge is 0.332 e. The molecule has 1 aliphatic carbocycles. The van der Waals surface area contributed by atoms with Gasteiger partial charge in [-0.3, -0.25) is 28.8 Å². The molecule has 3 heterocycles. The van der Waals surface area contributed by atoms with Gasteiger partial charge in [0.25, 0.3) is 11.2 Å². The molecule has 2 aromatic carbocycles. The van der Waals surface area contributed by atoms with Crippen LogP contribution in [0.2, 0.25) is 0 Å². The highest BCUT2D eigenvalue weighted by Crippen LogP contribution is 2.47. The van der Waals surface area contributed by atoms with Crippen LogP contribution in [0.4, 0.5) is 11.5 Å². The summed E-state index contributed by atoms with van der Waals surface area (Å²) in [5.41, 5.74) is 1.11. The summed E-state index contributed by atoms with van der Waals surface area (Å²) < 4.78 is 8.44. The molecule has 36 heavy (non-hydrogen) atoms. The fraction of sp³-hybridized carbons (Fsp3) is 0.154. The van der Waals surface area contributed by atoms with Crippen LogP contribution in [0.3, 0.4) is 0 Å². The molecule has 6 rings (SSSR count). The third kappa shape index (κ3) is 2.90. The van der Waals surface area contributed by atoms with Crippen molar-refractivity contribution in [3.63, 3.8) is 0 Å². The zero-order valence-electron chi connectivity index (χ0n) is 19.2. The lowest BCUT2D eigenvalue weighted by molar-refractivity contribution is -0.384. The summed E-state index contributed by atoms with van der Waals surface area (Å²) in [6.45, 7) is 0. The molecular weight excluding hydrogens is 464 g/mol. The number of fused-ring (bicyclic) bond motifs is 4. The zero-order chi connectivity index (χ0) is 25.3. The molecule has 0 amide bonds. The number of Topliss-reactive ketones (excluding diaryl/α,β-unsaturated/α-hetero) is 1. The van der Waals surface area contributed by atoms with Crippen LogP contribution in [-0.4, -0.2) is 25.6 Å². The lowest BCUT2D eigenvalue weighted by Gasteiger charge is -2.28. The van der Waals surface area contributed by atoms with E-state index in [1.807, 2.05) is 0 Å². The fourth-order valence-corrected chi connectivity index (χ4v) is 5.12. The minimum Gasteiger partial charge on any atom is -0.460 e. The Morgan fingerprint density at radius 2 is 1.67 bits per heavy atom. The summed E-state index contributed by atoms with van der Waals surface area (Å²) in [5.74, 6) is -0.994. The Morgan fingerprint density at radius 1 is 0.917 bits per heavy atom. The van der Waals surface area contributed by atoms with E-state index in [9.17, 15) is 24.5 Å². The first-order valence-corrected chi connectivity index (χ1v) is 11.1. The molecule has 0 unspecified atom stereocenters. The molecule has 0 bridgehead atoms. The third-order valence-corrected chi connectivity index (χ3v) is 6.86. The van der Waals surface area contributed by atoms with E-state index >= 15 is 0 Å². The van der Waals surface area contributed by atoms with Crippen LogP contribution < -0.4 is 11.2 Å². The quantitative estimate of drug-likeness (QED) is 0.325. The molecule has 0 radical (unpaired) electrons. The van der Waals surface area contributed by atoms with Crippen molar-refractivity contribution in [2.24, 2.45) is 25.0 Å². The Kier molecular flexibility index (Phi) is 4.56. The Bertz CT molecular complexity index is 1770. The first kappa shape index (κ1) is 21.7. The molecule has 178 valence electrons. The number of furan rings is 1. The summed E-state index contributed by atoms with van der Waals surface area (Å²) in [7, 11) is 2.91. The number of rotatable bonds is 3. The maximum atomic E-state index is 13.6. The van der Waals surface area contributed by atoms with Gasteiger partial charge in [0.2, 0.25) is 0 Å². The van der Waals surface area contributed by atoms with E-state index in [4.69, 9.17) is 4.42 Å². The van der Waals surface area contributed by atoms with Gasteiger partial charge in [-0.1, -0.05) is 36.4 Å². The predicted molar refractivity (Wildman–Crippen MR) is 130 cm³/mol. The number of non-ortho nitro benzene ring substituents is 1. The molecule has 0 spiro atoms. The second-order valence-electron chi connectivity index (χ2n) is 8.81. The Morgan fingerprint density at radius 3 is 2.42 bits per heavy atom. The number of benzene rings is 2. The molecule has 1 aliphatic heterocycles. The summed E-state index contributed by atoms with van der Waals surface area (Å²) in [4.78, 5) is 55.1. The molecule has 2 atom stereocenters. The van der Waals surface area contributed by atoms with E-state index in [-0.39, 0.29) is 22.9 Å². The lowest BCUT2D eigenvalue weighted by atomic mass is 9.79. The topological polar surface area (TPSA) is 130 Å². The summed E-state index contributed by atoms with van der Waals surface area (Å²) in [6, 6.07) is 16.4. The van der Waals surface area contributed by atoms with Crippen molar-refractivity contribution in [3.05, 3.63) is 114 Å². The number of nitro benzene ring substituents is 1. The second-order valence-corrected chi connectivity index (χ2v) is 8.81. The number of hydrogen-bond acceptors (Lipinski definition) is 7. The molecular formula is C26H18N4O6. The van der Waals surface area contributed by atoms with Crippen LogP contribution in [0.25, 0.3) is 11.3 Å². The van der Waals surface area contributed by atoms with Crippen molar-refractivity contribution in [3.8, 4) is 11.3 Å². The summed E-state index contributed by atoms with van der Waals surface area (Å²) in [6.07, 6.45) is 0. The van der Waals surface area contributed by atoms with Crippen molar-refractivity contribution >= 4 is 23.0 Å². The normalized spacial score (nSPS) is 17.8. The number of hydrogen-bond donors (Lipinski definition) is 0. The van der Waals surface area contributed by atoms with Gasteiger partial charge < -0.3 is 4.42 Å². The highest BCUT2D eigenvalue weighted by Gasteiger charge is 2.49. The molecule has 10 heteroatoms. The minimum atomic E-state index is -0.842. The Labute approximate surface area is 202 Å². The van der Waals surface area contributed by atoms with Gasteiger partial charge in [-0.05, 0) is 12.1 Å². The highest BCUT2D eigenvalue weighted by molar-refractivity contribution is 6.30. The number of nitro groups is 1. The average molecular weight is 482 g/mol. The van der Waals surface area contributed by atoms with Crippen molar-refractivity contribution in [2.45, 2.75) is 5.92 Å². The first-order chi connectivity index (χ1) is 17.3. The Balaban J connectivity index is 1.60. The summed E-state index contributed by atoms with van der Waals surface area (Å²) in [5, 5.41) is 11.2. The lowest BCUT2D eigenvalue weighted by Crippen LogP contribution is -2.43. The Hall–Kier alpha value is -4.86. The molecule has 0 fully saturated rings. The van der Waals surface area contributed by atoms with Gasteiger partial charge in [0, 0.05) is 42.9 Å². The fourth-order valence-electron chi connectivity index (χ4n) is 5.12. The van der Waals surface area contributed by atoms with E-state index in [2.05, 4.69) is 4.99 Å². The van der Waals surface area contributed by atoms with Gasteiger partial charge in [-0.2, -0.15) is 0 Å². The van der Waals surface area contributed by atoms with Gasteiger partial charge >= 0.3 is 5.69 Å². The minimum absolute atomic E-state index is 0.0897. The molecule has 4 aromatic rings. The van der Waals surface area contributed by atoms with Gasteiger partial charge in [0.05, 0.1) is 28.0 Å². The van der Waals surface area contributed by atoms with Crippen LogP contribution >= 0.6 is 0 Å². The average Bonchev–Trinajstić information content (AvgIpc) is 3.49. The summed E-state index contributed by atoms with van der Waals surface area (Å²) >= 11 is 0. The number of aliphatic imine (C=N–C) groups is 1. The number of carbonyl (C=O) groups excluding carboxylic acids is 1. The monoisotopic (exact) mass is 482 g/mol. The standard InChI is InChI=1S/C26H18N4O6/c1-28-24-21(25(32)29(2)26(28)33)19(20-22(27-24)15-8-3-4-9-16(15)23(20)31)18-11-10-17(36-18)13-6-5-7-14(12-13)30(34)35/h3-12,19-20H,1-2H3/t19-,20+/m1/s1. The van der Waals surface area contributed by atoms with E-state index in [0.717, 1.165) is 4.57 Å². The molecule has 0 saturated heterocycles. The predicted octanol–water partition coefficient (Wildman–Crippen LogP) is 3.33. The van der Waals surface area contributed by atoms with Gasteiger partial charge in [0.1, 0.15) is 17.3 Å². The van der Waals surface area contributed by atoms with Gasteiger partial charge in [-0.15, -0.1) is 0 Å². The first-order valence-electron chi connectivity index (χ1n) is 11.1. The zero-order valence-corrected chi connectivity index (χ0v) is 19.2. The van der Waals surface area contributed by atoms with Crippen LogP contribution in [0.1, 0.15) is 33.2 Å². The maximum absolute atomic E-state index is 13.6. The van der Waals surface area contributed by atoms with E-state index in [1.54, 1.807) is 48.5 Å². The van der Waals surface area contributed by atoms with Gasteiger partial charge in [-0.25, -0.2) is 9.79 Å². The van der Waals surface area contributed by atoms with E-state index < -0.39 is 28.0 Å². The van der Waals surface area contributed by atoms with Crippen LogP contribution in [-0.2, 0) is 14.1 Å². The van der Waals surface area contributed by atoms with Crippen LogP contribution in [0, 0.1) is 16.0 Å². The maximum Gasteiger partial charge on any atom is 0.332 e. The molecule has 0 saturated carbocycles. The van der Waals surface area contributed by atoms with E-state index in [0.29, 0.717) is 33.9 Å². The van der Waals surface area contributed by atoms with Crippen LogP contribution in [0.15, 0.2) is 79.7 Å². The van der Waals surface area contributed by atoms with E-state index in [1.165, 1.54) is 30.8 Å². The molecule has 10 nitrogen and oxygen atoms in total. The number of aromatic nitrogens is 2. The third-order valence-electron chi connectivity index (χ3n) is 6.86. The van der Waals surface area contributed by atoms with Crippen molar-refractivity contribution < 1.29 is 14.1 Å². The van der Waals surface area contributed by atoms with Crippen molar-refractivity contribution in [1.82, 2.24) is 9.13 Å². The SMILES string of the molecule is Cn1c2c(c(=O)n(C)c1=O)[C@H](c1ccc(-c3cccc([N+](=O)[O-])c3)o1)[C@@H]1C(=O)c3ccccc3C1=N2. The highest BCUT2D eigenvalue weighted by atomic mass is 16.6. The number of nitrogens with zero attached hydrogens (tertiary/aromatic N) is 4.